The van der Waals surface area contributed by atoms with Crippen LogP contribution in [0.3, 0.4) is 0 Å². The van der Waals surface area contributed by atoms with Gasteiger partial charge in [0, 0.05) is 17.5 Å². The first-order chi connectivity index (χ1) is 6.84. The van der Waals surface area contributed by atoms with E-state index in [1.54, 1.807) is 0 Å². The first-order valence-electron chi connectivity index (χ1n) is 5.35. The molecule has 0 bridgehead atoms. The lowest BCUT2D eigenvalue weighted by molar-refractivity contribution is 0.313. The standard InChI is InChI=1S/C11H18N2S/c12-10(8-11-4-3-7-14-11)9-13-5-1-2-6-13/h3-4,7,10H,1-2,5-6,8-9,12H2. The van der Waals surface area contributed by atoms with Gasteiger partial charge in [-0.25, -0.2) is 0 Å². The SMILES string of the molecule is NC(Cc1cccs1)CN1CCCC1. The number of hydrogen-bond acceptors (Lipinski definition) is 3. The highest BCUT2D eigenvalue weighted by molar-refractivity contribution is 7.09. The van der Waals surface area contributed by atoms with Crippen LogP contribution in [0.5, 0.6) is 0 Å². The van der Waals surface area contributed by atoms with Crippen molar-refractivity contribution in [3.8, 4) is 0 Å². The molecule has 0 radical (unpaired) electrons. The van der Waals surface area contributed by atoms with E-state index in [9.17, 15) is 0 Å². The molecule has 0 amide bonds. The number of rotatable bonds is 4. The molecule has 3 heteroatoms. The molecule has 1 aromatic rings. The first kappa shape index (κ1) is 10.1. The van der Waals surface area contributed by atoms with Crippen molar-refractivity contribution in [1.29, 1.82) is 0 Å². The van der Waals surface area contributed by atoms with E-state index in [-0.39, 0.29) is 0 Å². The van der Waals surface area contributed by atoms with E-state index >= 15 is 0 Å². The lowest BCUT2D eigenvalue weighted by Crippen LogP contribution is -2.37. The summed E-state index contributed by atoms with van der Waals surface area (Å²) in [5, 5.41) is 2.12. The van der Waals surface area contributed by atoms with Crippen molar-refractivity contribution in [3.63, 3.8) is 0 Å². The minimum Gasteiger partial charge on any atom is -0.326 e. The van der Waals surface area contributed by atoms with Crippen LogP contribution in [0.4, 0.5) is 0 Å². The van der Waals surface area contributed by atoms with Crippen molar-refractivity contribution < 1.29 is 0 Å². The maximum absolute atomic E-state index is 6.11. The van der Waals surface area contributed by atoms with Crippen molar-refractivity contribution >= 4 is 11.3 Å². The van der Waals surface area contributed by atoms with Gasteiger partial charge >= 0.3 is 0 Å². The summed E-state index contributed by atoms with van der Waals surface area (Å²) < 4.78 is 0. The molecule has 0 spiro atoms. The lowest BCUT2D eigenvalue weighted by Gasteiger charge is -2.19. The van der Waals surface area contributed by atoms with Crippen LogP contribution in [0.2, 0.25) is 0 Å². The number of likely N-dealkylation sites (tertiary alicyclic amines) is 1. The summed E-state index contributed by atoms with van der Waals surface area (Å²) in [6.07, 6.45) is 3.74. The fourth-order valence-electron chi connectivity index (χ4n) is 2.05. The topological polar surface area (TPSA) is 29.3 Å². The molecule has 0 aromatic carbocycles. The molecule has 78 valence electrons. The van der Waals surface area contributed by atoms with Gasteiger partial charge in [0.15, 0.2) is 0 Å². The highest BCUT2D eigenvalue weighted by atomic mass is 32.1. The summed E-state index contributed by atoms with van der Waals surface area (Å²) >= 11 is 1.81. The van der Waals surface area contributed by atoms with Crippen molar-refractivity contribution in [2.75, 3.05) is 19.6 Å². The molecular formula is C11H18N2S. The monoisotopic (exact) mass is 210 g/mol. The quantitative estimate of drug-likeness (QED) is 0.820. The van der Waals surface area contributed by atoms with Crippen LogP contribution in [-0.2, 0) is 6.42 Å². The second kappa shape index (κ2) is 4.91. The predicted molar refractivity (Wildman–Crippen MR) is 61.7 cm³/mol. The summed E-state index contributed by atoms with van der Waals surface area (Å²) in [5.41, 5.74) is 6.11. The molecule has 1 unspecified atom stereocenters. The van der Waals surface area contributed by atoms with Gasteiger partial charge in [0.1, 0.15) is 0 Å². The molecule has 2 rings (SSSR count). The molecule has 1 atom stereocenters. The fourth-order valence-corrected chi connectivity index (χ4v) is 2.85. The molecule has 1 aromatic heterocycles. The van der Waals surface area contributed by atoms with Crippen LogP contribution in [0.25, 0.3) is 0 Å². The molecule has 2 nitrogen and oxygen atoms in total. The van der Waals surface area contributed by atoms with Gasteiger partial charge in [-0.15, -0.1) is 11.3 Å². The molecule has 1 aliphatic heterocycles. The average Bonchev–Trinajstić information content (AvgIpc) is 2.76. The second-order valence-corrected chi connectivity index (χ2v) is 5.08. The van der Waals surface area contributed by atoms with Crippen molar-refractivity contribution in [2.45, 2.75) is 25.3 Å². The van der Waals surface area contributed by atoms with Gasteiger partial charge in [0.2, 0.25) is 0 Å². The molecule has 0 saturated carbocycles. The normalized spacial score (nSPS) is 20.1. The predicted octanol–water partition coefficient (Wildman–Crippen LogP) is 1.71. The number of thiophene rings is 1. The Balaban J connectivity index is 1.75. The van der Waals surface area contributed by atoms with Crippen LogP contribution in [0.15, 0.2) is 17.5 Å². The van der Waals surface area contributed by atoms with Crippen LogP contribution < -0.4 is 5.73 Å². The third-order valence-electron chi connectivity index (χ3n) is 2.73. The first-order valence-corrected chi connectivity index (χ1v) is 6.23. The van der Waals surface area contributed by atoms with Crippen molar-refractivity contribution in [3.05, 3.63) is 22.4 Å². The maximum atomic E-state index is 6.11. The summed E-state index contributed by atoms with van der Waals surface area (Å²) in [7, 11) is 0. The van der Waals surface area contributed by atoms with E-state index in [0.717, 1.165) is 13.0 Å². The molecule has 1 fully saturated rings. The molecule has 0 aliphatic carbocycles. The summed E-state index contributed by atoms with van der Waals surface area (Å²) in [4.78, 5) is 3.90. The highest BCUT2D eigenvalue weighted by Crippen LogP contribution is 2.12. The van der Waals surface area contributed by atoms with Gasteiger partial charge in [0.05, 0.1) is 0 Å². The Bertz CT molecular complexity index is 252. The van der Waals surface area contributed by atoms with Gasteiger partial charge in [-0.1, -0.05) is 6.07 Å². The summed E-state index contributed by atoms with van der Waals surface area (Å²) in [5.74, 6) is 0. The van der Waals surface area contributed by atoms with Crippen LogP contribution in [0, 0.1) is 0 Å². The van der Waals surface area contributed by atoms with Crippen LogP contribution in [0.1, 0.15) is 17.7 Å². The molecule has 2 heterocycles. The van der Waals surface area contributed by atoms with Gasteiger partial charge < -0.3 is 10.6 Å². The fraction of sp³-hybridized carbons (Fsp3) is 0.636. The maximum Gasteiger partial charge on any atom is 0.0216 e. The Morgan fingerprint density at radius 1 is 1.43 bits per heavy atom. The van der Waals surface area contributed by atoms with Crippen molar-refractivity contribution in [1.82, 2.24) is 4.90 Å². The third-order valence-corrected chi connectivity index (χ3v) is 3.63. The zero-order valence-corrected chi connectivity index (χ0v) is 9.30. The Kier molecular flexibility index (Phi) is 3.56. The van der Waals surface area contributed by atoms with E-state index in [1.807, 2.05) is 11.3 Å². The average molecular weight is 210 g/mol. The minimum atomic E-state index is 0.312. The van der Waals surface area contributed by atoms with E-state index in [0.29, 0.717) is 6.04 Å². The number of nitrogens with zero attached hydrogens (tertiary/aromatic N) is 1. The molecule has 2 N–H and O–H groups in total. The van der Waals surface area contributed by atoms with E-state index in [4.69, 9.17) is 5.73 Å². The van der Waals surface area contributed by atoms with Crippen LogP contribution in [-0.4, -0.2) is 30.6 Å². The van der Waals surface area contributed by atoms with E-state index in [1.165, 1.54) is 30.8 Å². The Hall–Kier alpha value is -0.380. The molecule has 14 heavy (non-hydrogen) atoms. The molecule has 1 aliphatic rings. The highest BCUT2D eigenvalue weighted by Gasteiger charge is 2.15. The summed E-state index contributed by atoms with van der Waals surface area (Å²) in [6.45, 7) is 3.56. The molecule has 1 saturated heterocycles. The van der Waals surface area contributed by atoms with Crippen LogP contribution >= 0.6 is 11.3 Å². The Labute approximate surface area is 89.7 Å². The zero-order chi connectivity index (χ0) is 9.80. The van der Waals surface area contributed by atoms with Gasteiger partial charge in [-0.05, 0) is 43.8 Å². The van der Waals surface area contributed by atoms with Gasteiger partial charge in [-0.3, -0.25) is 0 Å². The van der Waals surface area contributed by atoms with Gasteiger partial charge in [-0.2, -0.15) is 0 Å². The zero-order valence-electron chi connectivity index (χ0n) is 8.48. The Morgan fingerprint density at radius 3 is 2.86 bits per heavy atom. The lowest BCUT2D eigenvalue weighted by atomic mass is 10.2. The summed E-state index contributed by atoms with van der Waals surface area (Å²) in [6, 6.07) is 4.59. The number of hydrogen-bond donors (Lipinski definition) is 1. The number of nitrogens with two attached hydrogens (primary N) is 1. The second-order valence-electron chi connectivity index (χ2n) is 4.05. The Morgan fingerprint density at radius 2 is 2.21 bits per heavy atom. The molecular weight excluding hydrogens is 192 g/mol. The van der Waals surface area contributed by atoms with E-state index < -0.39 is 0 Å². The van der Waals surface area contributed by atoms with Crippen molar-refractivity contribution in [2.24, 2.45) is 5.73 Å². The van der Waals surface area contributed by atoms with E-state index in [2.05, 4.69) is 22.4 Å². The third kappa shape index (κ3) is 2.80. The van der Waals surface area contributed by atoms with Gasteiger partial charge in [0.25, 0.3) is 0 Å². The smallest absolute Gasteiger partial charge is 0.0216 e. The largest absolute Gasteiger partial charge is 0.326 e. The minimum absolute atomic E-state index is 0.312.